The SMILES string of the molecule is NCC(NC(=O)c1c(O)cccc1O)C1CCCCC1. The minimum absolute atomic E-state index is 0.0817. The maximum Gasteiger partial charge on any atom is 0.259 e. The van der Waals surface area contributed by atoms with Crippen molar-refractivity contribution in [1.29, 1.82) is 0 Å². The highest BCUT2D eigenvalue weighted by Crippen LogP contribution is 2.28. The summed E-state index contributed by atoms with van der Waals surface area (Å²) in [5.41, 5.74) is 5.68. The van der Waals surface area contributed by atoms with Crippen molar-refractivity contribution in [2.75, 3.05) is 6.54 Å². The molecule has 1 aliphatic rings. The largest absolute Gasteiger partial charge is 0.507 e. The summed E-state index contributed by atoms with van der Waals surface area (Å²) in [5, 5.41) is 22.3. The lowest BCUT2D eigenvalue weighted by molar-refractivity contribution is 0.0910. The number of carbonyl (C=O) groups excluding carboxylic acids is 1. The first-order chi connectivity index (χ1) is 9.63. The number of rotatable bonds is 4. The van der Waals surface area contributed by atoms with E-state index in [-0.39, 0.29) is 23.1 Å². The van der Waals surface area contributed by atoms with Gasteiger partial charge in [-0.1, -0.05) is 25.3 Å². The van der Waals surface area contributed by atoms with E-state index in [1.807, 2.05) is 0 Å². The molecule has 110 valence electrons. The number of hydrogen-bond acceptors (Lipinski definition) is 4. The number of phenols is 2. The number of aromatic hydroxyl groups is 2. The minimum Gasteiger partial charge on any atom is -0.507 e. The lowest BCUT2D eigenvalue weighted by Crippen LogP contribution is -2.45. The van der Waals surface area contributed by atoms with Crippen molar-refractivity contribution < 1.29 is 15.0 Å². The summed E-state index contributed by atoms with van der Waals surface area (Å²) >= 11 is 0. The second-order valence-electron chi connectivity index (χ2n) is 5.39. The van der Waals surface area contributed by atoms with Crippen LogP contribution in [0.1, 0.15) is 42.5 Å². The summed E-state index contributed by atoms with van der Waals surface area (Å²) in [6.45, 7) is 0.366. The Morgan fingerprint density at radius 1 is 1.25 bits per heavy atom. The molecule has 5 nitrogen and oxygen atoms in total. The first-order valence-corrected chi connectivity index (χ1v) is 7.15. The van der Waals surface area contributed by atoms with Gasteiger partial charge in [-0.3, -0.25) is 4.79 Å². The van der Waals surface area contributed by atoms with Crippen LogP contribution in [-0.4, -0.2) is 28.7 Å². The summed E-state index contributed by atoms with van der Waals surface area (Å²) in [7, 11) is 0. The van der Waals surface area contributed by atoms with Crippen LogP contribution in [-0.2, 0) is 0 Å². The maximum atomic E-state index is 12.2. The highest BCUT2D eigenvalue weighted by molar-refractivity contribution is 5.99. The molecule has 0 radical (unpaired) electrons. The van der Waals surface area contributed by atoms with Gasteiger partial charge in [-0.2, -0.15) is 0 Å². The second-order valence-corrected chi connectivity index (χ2v) is 5.39. The number of hydrogen-bond donors (Lipinski definition) is 4. The van der Waals surface area contributed by atoms with Gasteiger partial charge in [-0.25, -0.2) is 0 Å². The van der Waals surface area contributed by atoms with Gasteiger partial charge in [-0.05, 0) is 30.9 Å². The molecular formula is C15H22N2O3. The normalized spacial score (nSPS) is 17.6. The fourth-order valence-electron chi connectivity index (χ4n) is 2.91. The number of benzene rings is 1. The van der Waals surface area contributed by atoms with Gasteiger partial charge in [0.25, 0.3) is 5.91 Å². The van der Waals surface area contributed by atoms with Crippen LogP contribution in [0.15, 0.2) is 18.2 Å². The maximum absolute atomic E-state index is 12.2. The number of amides is 1. The van der Waals surface area contributed by atoms with E-state index in [2.05, 4.69) is 5.32 Å². The van der Waals surface area contributed by atoms with E-state index in [1.54, 1.807) is 0 Å². The number of phenolic OH excluding ortho intramolecular Hbond substituents is 2. The molecule has 0 aliphatic heterocycles. The van der Waals surface area contributed by atoms with Gasteiger partial charge in [-0.15, -0.1) is 0 Å². The molecule has 2 rings (SSSR count). The van der Waals surface area contributed by atoms with Gasteiger partial charge < -0.3 is 21.3 Å². The first-order valence-electron chi connectivity index (χ1n) is 7.15. The van der Waals surface area contributed by atoms with E-state index in [0.717, 1.165) is 12.8 Å². The fraction of sp³-hybridized carbons (Fsp3) is 0.533. The molecule has 5 heteroatoms. The van der Waals surface area contributed by atoms with Gasteiger partial charge in [0, 0.05) is 12.6 Å². The summed E-state index contributed by atoms with van der Waals surface area (Å²) in [6.07, 6.45) is 5.70. The van der Waals surface area contributed by atoms with Gasteiger partial charge in [0.15, 0.2) is 0 Å². The predicted molar refractivity (Wildman–Crippen MR) is 76.7 cm³/mol. The molecule has 5 N–H and O–H groups in total. The van der Waals surface area contributed by atoms with E-state index >= 15 is 0 Å². The van der Waals surface area contributed by atoms with Crippen LogP contribution in [0.4, 0.5) is 0 Å². The predicted octanol–water partition coefficient (Wildman–Crippen LogP) is 1.74. The van der Waals surface area contributed by atoms with Crippen molar-refractivity contribution in [3.8, 4) is 11.5 Å². The smallest absolute Gasteiger partial charge is 0.259 e. The summed E-state index contributed by atoms with van der Waals surface area (Å²) < 4.78 is 0. The minimum atomic E-state index is -0.471. The zero-order valence-electron chi connectivity index (χ0n) is 11.5. The van der Waals surface area contributed by atoms with E-state index in [9.17, 15) is 15.0 Å². The van der Waals surface area contributed by atoms with Crippen LogP contribution >= 0.6 is 0 Å². The molecule has 1 unspecified atom stereocenters. The van der Waals surface area contributed by atoms with E-state index in [1.165, 1.54) is 37.5 Å². The number of nitrogens with two attached hydrogens (primary N) is 1. The monoisotopic (exact) mass is 278 g/mol. The van der Waals surface area contributed by atoms with Crippen LogP contribution in [0.3, 0.4) is 0 Å². The molecule has 20 heavy (non-hydrogen) atoms. The topological polar surface area (TPSA) is 95.6 Å². The highest BCUT2D eigenvalue weighted by atomic mass is 16.3. The molecule has 0 saturated heterocycles. The average molecular weight is 278 g/mol. The van der Waals surface area contributed by atoms with Crippen LogP contribution in [0.25, 0.3) is 0 Å². The Hall–Kier alpha value is -1.75. The summed E-state index contributed by atoms with van der Waals surface area (Å²) in [5.74, 6) is -0.531. The second kappa shape index (κ2) is 6.61. The van der Waals surface area contributed by atoms with Crippen LogP contribution < -0.4 is 11.1 Å². The Kier molecular flexibility index (Phi) is 4.84. The Morgan fingerprint density at radius 3 is 2.40 bits per heavy atom. The van der Waals surface area contributed by atoms with Crippen LogP contribution in [0.5, 0.6) is 11.5 Å². The Labute approximate surface area is 118 Å². The zero-order valence-corrected chi connectivity index (χ0v) is 11.5. The van der Waals surface area contributed by atoms with Crippen molar-refractivity contribution in [2.24, 2.45) is 11.7 Å². The van der Waals surface area contributed by atoms with E-state index < -0.39 is 5.91 Å². The summed E-state index contributed by atoms with van der Waals surface area (Å²) in [6, 6.07) is 4.14. The third-order valence-corrected chi connectivity index (χ3v) is 4.04. The van der Waals surface area contributed by atoms with Crippen molar-refractivity contribution in [3.63, 3.8) is 0 Å². The molecule has 1 aromatic carbocycles. The molecule has 0 heterocycles. The fourth-order valence-corrected chi connectivity index (χ4v) is 2.91. The number of nitrogens with one attached hydrogen (secondary N) is 1. The van der Waals surface area contributed by atoms with Gasteiger partial charge in [0.05, 0.1) is 0 Å². The van der Waals surface area contributed by atoms with Crippen molar-refractivity contribution >= 4 is 5.91 Å². The van der Waals surface area contributed by atoms with Gasteiger partial charge >= 0.3 is 0 Å². The highest BCUT2D eigenvalue weighted by Gasteiger charge is 2.26. The molecule has 1 aromatic rings. The quantitative estimate of drug-likeness (QED) is 0.674. The lowest BCUT2D eigenvalue weighted by atomic mass is 9.84. The van der Waals surface area contributed by atoms with Crippen molar-refractivity contribution in [2.45, 2.75) is 38.1 Å². The zero-order chi connectivity index (χ0) is 14.5. The lowest BCUT2D eigenvalue weighted by Gasteiger charge is -2.30. The van der Waals surface area contributed by atoms with E-state index in [4.69, 9.17) is 5.73 Å². The molecule has 1 atom stereocenters. The third kappa shape index (κ3) is 3.22. The standard InChI is InChI=1S/C15H22N2O3/c16-9-11(10-5-2-1-3-6-10)17-15(20)14-12(18)7-4-8-13(14)19/h4,7-8,10-11,18-19H,1-3,5-6,9,16H2,(H,17,20). The molecule has 0 aromatic heterocycles. The first kappa shape index (κ1) is 14.7. The Balaban J connectivity index is 2.09. The third-order valence-electron chi connectivity index (χ3n) is 4.04. The molecule has 1 fully saturated rings. The molecular weight excluding hydrogens is 256 g/mol. The van der Waals surface area contributed by atoms with Gasteiger partial charge in [0.1, 0.15) is 17.1 Å². The van der Waals surface area contributed by atoms with Crippen LogP contribution in [0.2, 0.25) is 0 Å². The van der Waals surface area contributed by atoms with Gasteiger partial charge in [0.2, 0.25) is 0 Å². The number of carbonyl (C=O) groups is 1. The summed E-state index contributed by atoms with van der Waals surface area (Å²) in [4.78, 5) is 12.2. The van der Waals surface area contributed by atoms with Crippen molar-refractivity contribution in [3.05, 3.63) is 23.8 Å². The van der Waals surface area contributed by atoms with Crippen LogP contribution in [0, 0.1) is 5.92 Å². The molecule has 1 aliphatic carbocycles. The molecule has 1 amide bonds. The Bertz CT molecular complexity index is 450. The molecule has 0 bridgehead atoms. The Morgan fingerprint density at radius 2 is 1.85 bits per heavy atom. The van der Waals surface area contributed by atoms with Crippen molar-refractivity contribution in [1.82, 2.24) is 5.32 Å². The van der Waals surface area contributed by atoms with E-state index in [0.29, 0.717) is 12.5 Å². The molecule has 0 spiro atoms. The average Bonchev–Trinajstić information content (AvgIpc) is 2.45. The molecule has 1 saturated carbocycles.